The zero-order valence-corrected chi connectivity index (χ0v) is 10.7. The number of amides is 1. The molecule has 3 heterocycles. The Morgan fingerprint density at radius 1 is 0.950 bits per heavy atom. The van der Waals surface area contributed by atoms with Crippen LogP contribution in [0, 0.1) is 0 Å². The number of carbonyl (C=O) groups is 1. The fourth-order valence-corrected chi connectivity index (χ4v) is 1.90. The number of hydrogen-bond donors (Lipinski definition) is 1. The van der Waals surface area contributed by atoms with Crippen LogP contribution < -0.4 is 5.32 Å². The Kier molecular flexibility index (Phi) is 3.33. The highest BCUT2D eigenvalue weighted by Gasteiger charge is 2.15. The van der Waals surface area contributed by atoms with Crippen molar-refractivity contribution < 1.29 is 4.79 Å². The van der Waals surface area contributed by atoms with Gasteiger partial charge in [-0.1, -0.05) is 12.1 Å². The molecule has 0 saturated heterocycles. The molecule has 0 spiro atoms. The Morgan fingerprint density at radius 3 is 2.30 bits per heavy atom. The minimum Gasteiger partial charge on any atom is -0.330 e. The highest BCUT2D eigenvalue weighted by Crippen LogP contribution is 2.17. The molecule has 0 atom stereocenters. The summed E-state index contributed by atoms with van der Waals surface area (Å²) >= 11 is 0. The second-order valence-corrected chi connectivity index (χ2v) is 4.26. The zero-order chi connectivity index (χ0) is 13.8. The van der Waals surface area contributed by atoms with Gasteiger partial charge in [-0.25, -0.2) is 4.99 Å². The maximum absolute atomic E-state index is 11.8. The van der Waals surface area contributed by atoms with Crippen LogP contribution in [0.25, 0.3) is 5.70 Å². The summed E-state index contributed by atoms with van der Waals surface area (Å²) in [5.74, 6) is -0.111. The van der Waals surface area contributed by atoms with Gasteiger partial charge in [0.2, 0.25) is 5.91 Å². The van der Waals surface area contributed by atoms with Crippen molar-refractivity contribution in [1.29, 1.82) is 0 Å². The summed E-state index contributed by atoms with van der Waals surface area (Å²) < 4.78 is 0. The number of nitrogens with one attached hydrogen (secondary N) is 1. The highest BCUT2D eigenvalue weighted by atomic mass is 16.1. The van der Waals surface area contributed by atoms with Gasteiger partial charge in [0, 0.05) is 18.6 Å². The van der Waals surface area contributed by atoms with E-state index < -0.39 is 0 Å². The number of aromatic nitrogens is 2. The SMILES string of the molecule is O=C1CC(c2ccccn2)=NC(c2ccccn2)=CN1. The third-order valence-electron chi connectivity index (χ3n) is 2.84. The Balaban J connectivity index is 2.04. The van der Waals surface area contributed by atoms with Crippen molar-refractivity contribution >= 4 is 17.3 Å². The first-order chi connectivity index (χ1) is 9.83. The van der Waals surface area contributed by atoms with Crippen LogP contribution in [-0.2, 0) is 4.79 Å². The molecule has 2 aromatic heterocycles. The van der Waals surface area contributed by atoms with E-state index in [-0.39, 0.29) is 12.3 Å². The van der Waals surface area contributed by atoms with E-state index in [4.69, 9.17) is 0 Å². The van der Waals surface area contributed by atoms with Gasteiger partial charge in [-0.15, -0.1) is 0 Å². The molecule has 0 unspecified atom stereocenters. The number of carbonyl (C=O) groups excluding carboxylic acids is 1. The van der Waals surface area contributed by atoms with Gasteiger partial charge >= 0.3 is 0 Å². The van der Waals surface area contributed by atoms with Gasteiger partial charge in [-0.3, -0.25) is 14.8 Å². The van der Waals surface area contributed by atoms with Crippen LogP contribution in [0.4, 0.5) is 0 Å². The zero-order valence-electron chi connectivity index (χ0n) is 10.7. The van der Waals surface area contributed by atoms with Crippen LogP contribution in [0.2, 0.25) is 0 Å². The molecule has 5 heteroatoms. The summed E-state index contributed by atoms with van der Waals surface area (Å²) in [5.41, 5.74) is 2.67. The van der Waals surface area contributed by atoms with Gasteiger partial charge in [0.1, 0.15) is 5.70 Å². The monoisotopic (exact) mass is 264 g/mol. The summed E-state index contributed by atoms with van der Waals surface area (Å²) in [6, 6.07) is 11.1. The van der Waals surface area contributed by atoms with Gasteiger partial charge in [-0.05, 0) is 24.3 Å². The molecular formula is C15H12N4O. The summed E-state index contributed by atoms with van der Waals surface area (Å²) in [4.78, 5) is 24.8. The molecule has 1 N–H and O–H groups in total. The largest absolute Gasteiger partial charge is 0.330 e. The third-order valence-corrected chi connectivity index (χ3v) is 2.84. The second-order valence-electron chi connectivity index (χ2n) is 4.26. The van der Waals surface area contributed by atoms with Crippen LogP contribution in [0.15, 0.2) is 60.0 Å². The first kappa shape index (κ1) is 12.2. The van der Waals surface area contributed by atoms with Crippen LogP contribution in [0.3, 0.4) is 0 Å². The number of nitrogens with zero attached hydrogens (tertiary/aromatic N) is 3. The molecular weight excluding hydrogens is 252 g/mol. The van der Waals surface area contributed by atoms with Crippen molar-refractivity contribution in [3.8, 4) is 0 Å². The van der Waals surface area contributed by atoms with Crippen molar-refractivity contribution in [2.45, 2.75) is 6.42 Å². The first-order valence-electron chi connectivity index (χ1n) is 6.23. The Morgan fingerprint density at radius 2 is 1.65 bits per heavy atom. The number of rotatable bonds is 2. The van der Waals surface area contributed by atoms with Crippen LogP contribution in [0.5, 0.6) is 0 Å². The topological polar surface area (TPSA) is 67.2 Å². The van der Waals surface area contributed by atoms with E-state index >= 15 is 0 Å². The van der Waals surface area contributed by atoms with Crippen molar-refractivity contribution in [1.82, 2.24) is 15.3 Å². The number of hydrogen-bond acceptors (Lipinski definition) is 4. The van der Waals surface area contributed by atoms with Gasteiger partial charge < -0.3 is 5.32 Å². The van der Waals surface area contributed by atoms with Crippen molar-refractivity contribution in [3.63, 3.8) is 0 Å². The average Bonchev–Trinajstić information content (AvgIpc) is 2.71. The summed E-state index contributed by atoms with van der Waals surface area (Å²) in [5, 5.41) is 2.71. The molecule has 0 saturated carbocycles. The molecule has 3 rings (SSSR count). The standard InChI is InChI=1S/C15H12N4O/c20-15-9-13(11-5-1-3-7-16-11)19-14(10-18-15)12-6-2-4-8-17-12/h1-8,10H,9H2,(H,18,20). The lowest BCUT2D eigenvalue weighted by Crippen LogP contribution is -2.19. The van der Waals surface area contributed by atoms with E-state index in [1.165, 1.54) is 0 Å². The predicted octanol–water partition coefficient (Wildman–Crippen LogP) is 1.78. The molecule has 0 radical (unpaired) electrons. The third kappa shape index (κ3) is 2.61. The van der Waals surface area contributed by atoms with Gasteiger partial charge in [0.25, 0.3) is 0 Å². The normalized spacial score (nSPS) is 14.9. The summed E-state index contributed by atoms with van der Waals surface area (Å²) in [7, 11) is 0. The lowest BCUT2D eigenvalue weighted by Gasteiger charge is -2.03. The summed E-state index contributed by atoms with van der Waals surface area (Å²) in [6.07, 6.45) is 5.16. The quantitative estimate of drug-likeness (QED) is 0.899. The van der Waals surface area contributed by atoms with E-state index in [1.807, 2.05) is 36.4 Å². The molecule has 0 aliphatic carbocycles. The van der Waals surface area contributed by atoms with Gasteiger partial charge in [0.15, 0.2) is 0 Å². The van der Waals surface area contributed by atoms with E-state index in [2.05, 4.69) is 20.3 Å². The lowest BCUT2D eigenvalue weighted by atomic mass is 10.1. The number of pyridine rings is 2. The molecule has 1 amide bonds. The van der Waals surface area contributed by atoms with E-state index in [0.717, 1.165) is 0 Å². The molecule has 20 heavy (non-hydrogen) atoms. The lowest BCUT2D eigenvalue weighted by molar-refractivity contribution is -0.118. The average molecular weight is 264 g/mol. The fraction of sp³-hybridized carbons (Fsp3) is 0.0667. The molecule has 0 fully saturated rings. The predicted molar refractivity (Wildman–Crippen MR) is 75.7 cm³/mol. The smallest absolute Gasteiger partial charge is 0.230 e. The summed E-state index contributed by atoms with van der Waals surface area (Å²) in [6.45, 7) is 0. The Bertz CT molecular complexity index is 678. The molecule has 2 aromatic rings. The Hall–Kier alpha value is -2.82. The van der Waals surface area contributed by atoms with Gasteiger partial charge in [0.05, 0.1) is 23.5 Å². The molecule has 0 aromatic carbocycles. The molecule has 5 nitrogen and oxygen atoms in total. The van der Waals surface area contributed by atoms with E-state index in [1.54, 1.807) is 18.6 Å². The van der Waals surface area contributed by atoms with E-state index in [0.29, 0.717) is 22.8 Å². The van der Waals surface area contributed by atoms with Crippen molar-refractivity contribution in [2.75, 3.05) is 0 Å². The highest BCUT2D eigenvalue weighted by molar-refractivity contribution is 6.12. The molecule has 1 aliphatic rings. The molecule has 98 valence electrons. The van der Waals surface area contributed by atoms with Gasteiger partial charge in [-0.2, -0.15) is 0 Å². The molecule has 0 bridgehead atoms. The minimum absolute atomic E-state index is 0.111. The maximum Gasteiger partial charge on any atom is 0.230 e. The van der Waals surface area contributed by atoms with Crippen molar-refractivity contribution in [2.24, 2.45) is 4.99 Å². The second kappa shape index (κ2) is 5.44. The minimum atomic E-state index is -0.111. The maximum atomic E-state index is 11.8. The van der Waals surface area contributed by atoms with Crippen LogP contribution in [0.1, 0.15) is 17.8 Å². The first-order valence-corrected chi connectivity index (χ1v) is 6.23. The van der Waals surface area contributed by atoms with E-state index in [9.17, 15) is 4.79 Å². The van der Waals surface area contributed by atoms with Crippen LogP contribution in [-0.4, -0.2) is 21.6 Å². The van der Waals surface area contributed by atoms with Crippen molar-refractivity contribution in [3.05, 3.63) is 66.4 Å². The fourth-order valence-electron chi connectivity index (χ4n) is 1.90. The molecule has 1 aliphatic heterocycles. The Labute approximate surface area is 116 Å². The van der Waals surface area contributed by atoms with Crippen LogP contribution >= 0.6 is 0 Å². The number of aliphatic imine (C=N–C) groups is 1.